The number of nitrogens with one attached hydrogen (secondary N) is 1. The highest BCUT2D eigenvalue weighted by molar-refractivity contribution is 7.92. The van der Waals surface area contributed by atoms with Crippen LogP contribution >= 0.6 is 0 Å². The van der Waals surface area contributed by atoms with Gasteiger partial charge in [0.25, 0.3) is 10.0 Å². The summed E-state index contributed by atoms with van der Waals surface area (Å²) in [6.07, 6.45) is 2.71. The number of hydrogen-bond donors (Lipinski definition) is 2. The standard InChI is InChI=1S/C12H16N4O3S/c1-16-9-10(8-14-16)20(17,18)15-11-4-2-3-5-12(11)19-7-6-13/h2-5,8-9,15H,6-7,13H2,1H3. The van der Waals surface area contributed by atoms with Crippen molar-refractivity contribution in [3.05, 3.63) is 36.7 Å². The van der Waals surface area contributed by atoms with Gasteiger partial charge < -0.3 is 10.5 Å². The van der Waals surface area contributed by atoms with Crippen LogP contribution in [-0.2, 0) is 17.1 Å². The van der Waals surface area contributed by atoms with Gasteiger partial charge in [-0.1, -0.05) is 12.1 Å². The third-order valence-electron chi connectivity index (χ3n) is 2.50. The van der Waals surface area contributed by atoms with Gasteiger partial charge in [0.15, 0.2) is 0 Å². The zero-order valence-corrected chi connectivity index (χ0v) is 11.8. The number of benzene rings is 1. The second-order valence-electron chi connectivity index (χ2n) is 4.09. The number of ether oxygens (including phenoxy) is 1. The van der Waals surface area contributed by atoms with E-state index >= 15 is 0 Å². The molecule has 0 unspecified atom stereocenters. The fourth-order valence-corrected chi connectivity index (χ4v) is 2.64. The summed E-state index contributed by atoms with van der Waals surface area (Å²) < 4.78 is 33.7. The van der Waals surface area contributed by atoms with E-state index in [4.69, 9.17) is 10.5 Å². The van der Waals surface area contributed by atoms with Crippen LogP contribution in [0.15, 0.2) is 41.6 Å². The molecule has 1 aromatic carbocycles. The summed E-state index contributed by atoms with van der Waals surface area (Å²) in [5, 5.41) is 3.85. The highest BCUT2D eigenvalue weighted by atomic mass is 32.2. The van der Waals surface area contributed by atoms with Crippen LogP contribution in [0.2, 0.25) is 0 Å². The monoisotopic (exact) mass is 296 g/mol. The fourth-order valence-electron chi connectivity index (χ4n) is 1.59. The van der Waals surface area contributed by atoms with Gasteiger partial charge >= 0.3 is 0 Å². The molecule has 108 valence electrons. The first-order chi connectivity index (χ1) is 9.53. The van der Waals surface area contributed by atoms with Crippen LogP contribution in [0.5, 0.6) is 5.75 Å². The van der Waals surface area contributed by atoms with Crippen molar-refractivity contribution in [3.63, 3.8) is 0 Å². The molecule has 1 aromatic heterocycles. The van der Waals surface area contributed by atoms with Gasteiger partial charge in [0.2, 0.25) is 0 Å². The molecular weight excluding hydrogens is 280 g/mol. The molecule has 3 N–H and O–H groups in total. The van der Waals surface area contributed by atoms with Crippen molar-refractivity contribution in [3.8, 4) is 5.75 Å². The van der Waals surface area contributed by atoms with E-state index in [1.165, 1.54) is 17.1 Å². The summed E-state index contributed by atoms with van der Waals surface area (Å²) in [4.78, 5) is 0.0913. The van der Waals surface area contributed by atoms with Gasteiger partial charge in [-0.3, -0.25) is 9.40 Å². The molecule has 7 nitrogen and oxygen atoms in total. The summed E-state index contributed by atoms with van der Waals surface area (Å²) in [5.74, 6) is 0.436. The van der Waals surface area contributed by atoms with Crippen molar-refractivity contribution >= 4 is 15.7 Å². The molecular formula is C12H16N4O3S. The Kier molecular flexibility index (Phi) is 4.26. The maximum atomic E-state index is 12.2. The highest BCUT2D eigenvalue weighted by Gasteiger charge is 2.18. The van der Waals surface area contributed by atoms with Gasteiger partial charge in [0, 0.05) is 19.8 Å². The SMILES string of the molecule is Cn1cc(S(=O)(=O)Nc2ccccc2OCCN)cn1. The van der Waals surface area contributed by atoms with Crippen LogP contribution in [-0.4, -0.2) is 31.3 Å². The lowest BCUT2D eigenvalue weighted by Gasteiger charge is -2.12. The van der Waals surface area contributed by atoms with Gasteiger partial charge in [0.1, 0.15) is 17.3 Å². The number of rotatable bonds is 6. The molecule has 0 aliphatic carbocycles. The van der Waals surface area contributed by atoms with E-state index < -0.39 is 10.0 Å². The number of nitrogens with zero attached hydrogens (tertiary/aromatic N) is 2. The first-order valence-electron chi connectivity index (χ1n) is 5.96. The summed E-state index contributed by atoms with van der Waals surface area (Å²) >= 11 is 0. The predicted octanol–water partition coefficient (Wildman–Crippen LogP) is 0.558. The van der Waals surface area contributed by atoms with Crippen molar-refractivity contribution in [2.45, 2.75) is 4.90 Å². The minimum Gasteiger partial charge on any atom is -0.490 e. The average molecular weight is 296 g/mol. The first kappa shape index (κ1) is 14.4. The fraction of sp³-hybridized carbons (Fsp3) is 0.250. The zero-order valence-electron chi connectivity index (χ0n) is 11.0. The third kappa shape index (κ3) is 3.28. The van der Waals surface area contributed by atoms with E-state index in [0.717, 1.165) is 0 Å². The Balaban J connectivity index is 2.25. The topological polar surface area (TPSA) is 99.2 Å². The van der Waals surface area contributed by atoms with Crippen molar-refractivity contribution in [1.82, 2.24) is 9.78 Å². The first-order valence-corrected chi connectivity index (χ1v) is 7.44. The predicted molar refractivity (Wildman–Crippen MR) is 75.0 cm³/mol. The molecule has 0 spiro atoms. The van der Waals surface area contributed by atoms with Crippen LogP contribution in [0.3, 0.4) is 0 Å². The van der Waals surface area contributed by atoms with Gasteiger partial charge in [0.05, 0.1) is 11.9 Å². The molecule has 0 fully saturated rings. The minimum atomic E-state index is -3.68. The number of aromatic nitrogens is 2. The largest absolute Gasteiger partial charge is 0.490 e. The van der Waals surface area contributed by atoms with Gasteiger partial charge in [-0.15, -0.1) is 0 Å². The number of aryl methyl sites for hydroxylation is 1. The Hall–Kier alpha value is -2.06. The quantitative estimate of drug-likeness (QED) is 0.811. The summed E-state index contributed by atoms with van der Waals surface area (Å²) in [7, 11) is -2.03. The Bertz CT molecular complexity index is 682. The second-order valence-corrected chi connectivity index (χ2v) is 5.77. The second kappa shape index (κ2) is 5.93. The number of sulfonamides is 1. The summed E-state index contributed by atoms with van der Waals surface area (Å²) in [6, 6.07) is 6.78. The number of nitrogens with two attached hydrogens (primary N) is 1. The van der Waals surface area contributed by atoms with Crippen LogP contribution in [0.25, 0.3) is 0 Å². The van der Waals surface area contributed by atoms with Crippen LogP contribution < -0.4 is 15.2 Å². The molecule has 1 heterocycles. The maximum Gasteiger partial charge on any atom is 0.265 e. The van der Waals surface area contributed by atoms with E-state index in [1.54, 1.807) is 31.3 Å². The molecule has 2 rings (SSSR count). The molecule has 20 heavy (non-hydrogen) atoms. The zero-order chi connectivity index (χ0) is 14.6. The molecule has 0 amide bonds. The molecule has 0 aliphatic heterocycles. The van der Waals surface area contributed by atoms with Crippen molar-refractivity contribution in [2.75, 3.05) is 17.9 Å². The van der Waals surface area contributed by atoms with Crippen LogP contribution in [0.1, 0.15) is 0 Å². The summed E-state index contributed by atoms with van der Waals surface area (Å²) in [6.45, 7) is 0.662. The van der Waals surface area contributed by atoms with E-state index in [1.807, 2.05) is 0 Å². The highest BCUT2D eigenvalue weighted by Crippen LogP contribution is 2.26. The molecule has 2 aromatic rings. The van der Waals surface area contributed by atoms with E-state index in [0.29, 0.717) is 24.6 Å². The number of hydrogen-bond acceptors (Lipinski definition) is 5. The smallest absolute Gasteiger partial charge is 0.265 e. The summed E-state index contributed by atoms with van der Waals surface area (Å²) in [5.41, 5.74) is 5.74. The Morgan fingerprint density at radius 3 is 2.80 bits per heavy atom. The maximum absolute atomic E-state index is 12.2. The van der Waals surface area contributed by atoms with Crippen molar-refractivity contribution in [2.24, 2.45) is 12.8 Å². The van der Waals surface area contributed by atoms with E-state index in [9.17, 15) is 8.42 Å². The van der Waals surface area contributed by atoms with Gasteiger partial charge in [-0.25, -0.2) is 8.42 Å². The molecule has 8 heteroatoms. The Morgan fingerprint density at radius 2 is 2.15 bits per heavy atom. The van der Waals surface area contributed by atoms with Crippen molar-refractivity contribution < 1.29 is 13.2 Å². The minimum absolute atomic E-state index is 0.0913. The van der Waals surface area contributed by atoms with Gasteiger partial charge in [-0.05, 0) is 12.1 Å². The lowest BCUT2D eigenvalue weighted by Crippen LogP contribution is -2.15. The van der Waals surface area contributed by atoms with Crippen molar-refractivity contribution in [1.29, 1.82) is 0 Å². The molecule has 0 saturated heterocycles. The Labute approximate surface area is 117 Å². The normalized spacial score (nSPS) is 11.3. The molecule has 0 radical (unpaired) electrons. The molecule has 0 atom stereocenters. The number of anilines is 1. The number of para-hydroxylation sites is 2. The Morgan fingerprint density at radius 1 is 1.40 bits per heavy atom. The third-order valence-corrected chi connectivity index (χ3v) is 3.82. The lowest BCUT2D eigenvalue weighted by atomic mass is 10.3. The van der Waals surface area contributed by atoms with Crippen LogP contribution in [0.4, 0.5) is 5.69 Å². The van der Waals surface area contributed by atoms with E-state index in [2.05, 4.69) is 9.82 Å². The van der Waals surface area contributed by atoms with Gasteiger partial charge in [-0.2, -0.15) is 5.10 Å². The van der Waals surface area contributed by atoms with E-state index in [-0.39, 0.29) is 4.90 Å². The average Bonchev–Trinajstić information content (AvgIpc) is 2.85. The molecule has 0 bridgehead atoms. The van der Waals surface area contributed by atoms with Crippen LogP contribution in [0, 0.1) is 0 Å². The molecule has 0 aliphatic rings. The molecule has 0 saturated carbocycles. The lowest BCUT2D eigenvalue weighted by molar-refractivity contribution is 0.330.